The average Bonchev–Trinajstić information content (AvgIpc) is 2.40. The van der Waals surface area contributed by atoms with E-state index in [-0.39, 0.29) is 0 Å². The highest BCUT2D eigenvalue weighted by Crippen LogP contribution is 2.24. The Kier molecular flexibility index (Phi) is 2.53. The molecule has 2 aromatic rings. The van der Waals surface area contributed by atoms with Crippen LogP contribution in [0.5, 0.6) is 0 Å². The summed E-state index contributed by atoms with van der Waals surface area (Å²) in [5, 5.41) is 5.71. The van der Waals surface area contributed by atoms with Gasteiger partial charge in [-0.15, -0.1) is 0 Å². The molecular weight excluding hydrogens is 196 g/mol. The van der Waals surface area contributed by atoms with Crippen LogP contribution in [0.25, 0.3) is 10.9 Å². The lowest BCUT2D eigenvalue weighted by Crippen LogP contribution is -2.09. The van der Waals surface area contributed by atoms with Crippen molar-refractivity contribution in [2.45, 2.75) is 34.1 Å². The van der Waals surface area contributed by atoms with Gasteiger partial charge in [-0.25, -0.2) is 0 Å². The van der Waals surface area contributed by atoms with E-state index >= 15 is 0 Å². The molecule has 0 aliphatic carbocycles. The molecule has 0 saturated heterocycles. The molecule has 0 aliphatic rings. The Balaban J connectivity index is 2.48. The molecule has 0 aliphatic heterocycles. The molecule has 0 atom stereocenters. The van der Waals surface area contributed by atoms with Gasteiger partial charge in [0, 0.05) is 12.4 Å². The predicted octanol–water partition coefficient (Wildman–Crippen LogP) is 3.47. The molecule has 2 rings (SSSR count). The van der Waals surface area contributed by atoms with Crippen molar-refractivity contribution >= 4 is 10.9 Å². The number of nitrogens with zero attached hydrogens (tertiary/aromatic N) is 2. The van der Waals surface area contributed by atoms with E-state index in [9.17, 15) is 0 Å². The van der Waals surface area contributed by atoms with Gasteiger partial charge in [-0.3, -0.25) is 4.68 Å². The maximum atomic E-state index is 4.44. The van der Waals surface area contributed by atoms with Crippen LogP contribution in [0.1, 0.15) is 32.0 Å². The first kappa shape index (κ1) is 11.2. The number of aromatic nitrogens is 2. The summed E-state index contributed by atoms with van der Waals surface area (Å²) in [5.41, 5.74) is 4.07. The second-order valence-electron chi connectivity index (χ2n) is 5.80. The highest BCUT2D eigenvalue weighted by molar-refractivity contribution is 5.82. The van der Waals surface area contributed by atoms with Crippen LogP contribution in [0.15, 0.2) is 18.2 Å². The van der Waals surface area contributed by atoms with Gasteiger partial charge in [-0.2, -0.15) is 5.10 Å². The Morgan fingerprint density at radius 3 is 2.56 bits per heavy atom. The predicted molar refractivity (Wildman–Crippen MR) is 68.6 cm³/mol. The largest absolute Gasteiger partial charge is 0.268 e. The first-order valence-corrected chi connectivity index (χ1v) is 5.79. The van der Waals surface area contributed by atoms with E-state index in [0.29, 0.717) is 5.41 Å². The van der Waals surface area contributed by atoms with Gasteiger partial charge in [0.2, 0.25) is 0 Å². The minimum absolute atomic E-state index is 0.335. The third kappa shape index (κ3) is 2.11. The van der Waals surface area contributed by atoms with E-state index in [1.807, 2.05) is 11.7 Å². The molecule has 0 amide bonds. The van der Waals surface area contributed by atoms with Crippen molar-refractivity contribution in [1.29, 1.82) is 0 Å². The smallest absolute Gasteiger partial charge is 0.0684 e. The summed E-state index contributed by atoms with van der Waals surface area (Å²) in [6.07, 6.45) is 1.10. The number of rotatable bonds is 1. The summed E-state index contributed by atoms with van der Waals surface area (Å²) in [4.78, 5) is 0. The van der Waals surface area contributed by atoms with Crippen molar-refractivity contribution in [3.05, 3.63) is 29.5 Å². The second kappa shape index (κ2) is 3.62. The minimum Gasteiger partial charge on any atom is -0.268 e. The Labute approximate surface area is 97.3 Å². The van der Waals surface area contributed by atoms with Gasteiger partial charge in [0.25, 0.3) is 0 Å². The fourth-order valence-electron chi connectivity index (χ4n) is 2.21. The van der Waals surface area contributed by atoms with Crippen LogP contribution in [0, 0.1) is 12.3 Å². The zero-order valence-electron chi connectivity index (χ0n) is 10.8. The van der Waals surface area contributed by atoms with Crippen molar-refractivity contribution in [1.82, 2.24) is 9.78 Å². The SMILES string of the molecule is Cc1nn(C)c2cc(CC(C)(C)C)ccc12. The van der Waals surface area contributed by atoms with Gasteiger partial charge >= 0.3 is 0 Å². The third-order valence-corrected chi connectivity index (χ3v) is 2.84. The lowest BCUT2D eigenvalue weighted by molar-refractivity contribution is 0.411. The van der Waals surface area contributed by atoms with Gasteiger partial charge in [0.15, 0.2) is 0 Å². The molecule has 2 nitrogen and oxygen atoms in total. The van der Waals surface area contributed by atoms with Crippen LogP contribution < -0.4 is 0 Å². The molecular formula is C14H20N2. The van der Waals surface area contributed by atoms with E-state index in [2.05, 4.69) is 51.0 Å². The fourth-order valence-corrected chi connectivity index (χ4v) is 2.21. The van der Waals surface area contributed by atoms with Crippen LogP contribution in [0.3, 0.4) is 0 Å². The summed E-state index contributed by atoms with van der Waals surface area (Å²) >= 11 is 0. The molecule has 0 bridgehead atoms. The minimum atomic E-state index is 0.335. The zero-order chi connectivity index (χ0) is 11.9. The Bertz CT molecular complexity index is 515. The van der Waals surface area contributed by atoms with Crippen LogP contribution in [0.4, 0.5) is 0 Å². The molecule has 1 aromatic carbocycles. The normalized spacial score (nSPS) is 12.3. The Morgan fingerprint density at radius 2 is 1.94 bits per heavy atom. The highest BCUT2D eigenvalue weighted by Gasteiger charge is 2.12. The second-order valence-corrected chi connectivity index (χ2v) is 5.80. The molecule has 0 fully saturated rings. The van der Waals surface area contributed by atoms with E-state index in [1.165, 1.54) is 16.5 Å². The van der Waals surface area contributed by atoms with Crippen molar-refractivity contribution < 1.29 is 0 Å². The summed E-state index contributed by atoms with van der Waals surface area (Å²) < 4.78 is 1.97. The topological polar surface area (TPSA) is 17.8 Å². The van der Waals surface area contributed by atoms with Crippen LogP contribution >= 0.6 is 0 Å². The highest BCUT2D eigenvalue weighted by atomic mass is 15.3. The number of hydrogen-bond donors (Lipinski definition) is 0. The average molecular weight is 216 g/mol. The number of benzene rings is 1. The van der Waals surface area contributed by atoms with Crippen molar-refractivity contribution in [2.75, 3.05) is 0 Å². The molecule has 0 N–H and O–H groups in total. The molecule has 1 aromatic heterocycles. The first-order chi connectivity index (χ1) is 7.37. The van der Waals surface area contributed by atoms with E-state index in [1.54, 1.807) is 0 Å². The molecule has 0 radical (unpaired) electrons. The van der Waals surface area contributed by atoms with Gasteiger partial charge in [0.05, 0.1) is 11.2 Å². The maximum absolute atomic E-state index is 4.44. The number of fused-ring (bicyclic) bond motifs is 1. The van der Waals surface area contributed by atoms with Crippen molar-refractivity contribution in [3.63, 3.8) is 0 Å². The molecule has 0 saturated carbocycles. The number of aryl methyl sites for hydroxylation is 2. The standard InChI is InChI=1S/C14H20N2/c1-10-12-7-6-11(9-14(2,3)4)8-13(12)16(5)15-10/h6-8H,9H2,1-5H3. The molecule has 16 heavy (non-hydrogen) atoms. The summed E-state index contributed by atoms with van der Waals surface area (Å²) in [7, 11) is 2.01. The summed E-state index contributed by atoms with van der Waals surface area (Å²) in [6.45, 7) is 8.87. The molecule has 0 unspecified atom stereocenters. The Morgan fingerprint density at radius 1 is 1.25 bits per heavy atom. The maximum Gasteiger partial charge on any atom is 0.0684 e. The monoisotopic (exact) mass is 216 g/mol. The quantitative estimate of drug-likeness (QED) is 0.713. The first-order valence-electron chi connectivity index (χ1n) is 5.79. The van der Waals surface area contributed by atoms with E-state index < -0.39 is 0 Å². The van der Waals surface area contributed by atoms with Gasteiger partial charge < -0.3 is 0 Å². The van der Waals surface area contributed by atoms with Gasteiger partial charge in [-0.05, 0) is 30.4 Å². The summed E-state index contributed by atoms with van der Waals surface area (Å²) in [6, 6.07) is 6.68. The molecule has 1 heterocycles. The van der Waals surface area contributed by atoms with Crippen LogP contribution in [-0.2, 0) is 13.5 Å². The number of hydrogen-bond acceptors (Lipinski definition) is 1. The van der Waals surface area contributed by atoms with Gasteiger partial charge in [-0.1, -0.05) is 32.9 Å². The lowest BCUT2D eigenvalue weighted by atomic mass is 9.88. The van der Waals surface area contributed by atoms with E-state index in [4.69, 9.17) is 0 Å². The van der Waals surface area contributed by atoms with E-state index in [0.717, 1.165) is 12.1 Å². The van der Waals surface area contributed by atoms with Crippen molar-refractivity contribution in [3.8, 4) is 0 Å². The molecule has 0 spiro atoms. The molecule has 2 heteroatoms. The fraction of sp³-hybridized carbons (Fsp3) is 0.500. The third-order valence-electron chi connectivity index (χ3n) is 2.84. The summed E-state index contributed by atoms with van der Waals surface area (Å²) in [5.74, 6) is 0. The van der Waals surface area contributed by atoms with Gasteiger partial charge in [0.1, 0.15) is 0 Å². The molecule has 86 valence electrons. The zero-order valence-corrected chi connectivity index (χ0v) is 10.8. The van der Waals surface area contributed by atoms with Crippen LogP contribution in [0.2, 0.25) is 0 Å². The van der Waals surface area contributed by atoms with Crippen molar-refractivity contribution in [2.24, 2.45) is 12.5 Å². The van der Waals surface area contributed by atoms with Crippen LogP contribution in [-0.4, -0.2) is 9.78 Å². The lowest BCUT2D eigenvalue weighted by Gasteiger charge is -2.18. The Hall–Kier alpha value is -1.31.